The van der Waals surface area contributed by atoms with Crippen LogP contribution < -0.4 is 5.49 Å². The molecule has 18 heavy (non-hydrogen) atoms. The van der Waals surface area contributed by atoms with Crippen LogP contribution in [0, 0.1) is 6.92 Å². The van der Waals surface area contributed by atoms with Crippen molar-refractivity contribution >= 4 is 5.78 Å². The standard InChI is InChI=1S/C13H13N3O2/c1-10-7-8-13(15-18)16(14-10)9-12(17)11-5-3-2-4-6-11/h2-8,18H,9H2,1H3/b15-13+. The molecule has 5 heteroatoms. The van der Waals surface area contributed by atoms with Gasteiger partial charge in [-0.1, -0.05) is 35.5 Å². The highest BCUT2D eigenvalue weighted by atomic mass is 16.4. The number of ketones is 1. The van der Waals surface area contributed by atoms with Crippen molar-refractivity contribution < 1.29 is 10.0 Å². The molecule has 0 aliphatic heterocycles. The van der Waals surface area contributed by atoms with Crippen LogP contribution in [0.4, 0.5) is 0 Å². The Morgan fingerprint density at radius 3 is 2.67 bits per heavy atom. The third kappa shape index (κ3) is 2.63. The van der Waals surface area contributed by atoms with E-state index in [4.69, 9.17) is 5.21 Å². The van der Waals surface area contributed by atoms with E-state index in [0.717, 1.165) is 5.69 Å². The summed E-state index contributed by atoms with van der Waals surface area (Å²) in [7, 11) is 0. The Kier molecular flexibility index (Phi) is 3.52. The summed E-state index contributed by atoms with van der Waals surface area (Å²) in [4.78, 5) is 12.0. The lowest BCUT2D eigenvalue weighted by molar-refractivity contribution is 0.0964. The van der Waals surface area contributed by atoms with Crippen molar-refractivity contribution in [3.63, 3.8) is 0 Å². The minimum Gasteiger partial charge on any atom is -0.409 e. The van der Waals surface area contributed by atoms with Gasteiger partial charge in [0.05, 0.1) is 5.69 Å². The Labute approximate surface area is 104 Å². The van der Waals surface area contributed by atoms with Crippen LogP contribution in [-0.4, -0.2) is 20.8 Å². The molecule has 5 nitrogen and oxygen atoms in total. The van der Waals surface area contributed by atoms with Crippen LogP contribution >= 0.6 is 0 Å². The van der Waals surface area contributed by atoms with Crippen LogP contribution in [0.1, 0.15) is 16.1 Å². The van der Waals surface area contributed by atoms with E-state index in [2.05, 4.69) is 10.3 Å². The number of aryl methyl sites for hydroxylation is 1. The van der Waals surface area contributed by atoms with Crippen molar-refractivity contribution in [1.29, 1.82) is 0 Å². The molecule has 0 radical (unpaired) electrons. The van der Waals surface area contributed by atoms with Gasteiger partial charge in [-0.25, -0.2) is 4.68 Å². The van der Waals surface area contributed by atoms with Gasteiger partial charge in [0.2, 0.25) is 0 Å². The highest BCUT2D eigenvalue weighted by Crippen LogP contribution is 2.01. The topological polar surface area (TPSA) is 67.5 Å². The molecule has 0 saturated heterocycles. The lowest BCUT2D eigenvalue weighted by atomic mass is 10.1. The number of carbonyl (C=O) groups excluding carboxylic acids is 1. The Morgan fingerprint density at radius 1 is 1.28 bits per heavy atom. The molecule has 2 rings (SSSR count). The Balaban J connectivity index is 2.30. The summed E-state index contributed by atoms with van der Waals surface area (Å²) in [5.74, 6) is -0.0800. The molecule has 1 aromatic heterocycles. The Bertz CT molecular complexity index is 618. The Morgan fingerprint density at radius 2 is 2.00 bits per heavy atom. The third-order valence-corrected chi connectivity index (χ3v) is 2.51. The van der Waals surface area contributed by atoms with Crippen LogP contribution in [0.25, 0.3) is 0 Å². The molecule has 1 heterocycles. The van der Waals surface area contributed by atoms with Gasteiger partial charge in [-0.3, -0.25) is 4.79 Å². The van der Waals surface area contributed by atoms with Crippen LogP contribution in [0.15, 0.2) is 47.6 Å². The highest BCUT2D eigenvalue weighted by Gasteiger charge is 2.07. The second-order valence-electron chi connectivity index (χ2n) is 3.88. The molecule has 0 aliphatic carbocycles. The van der Waals surface area contributed by atoms with Crippen LogP contribution in [-0.2, 0) is 6.54 Å². The molecular formula is C13H13N3O2. The average molecular weight is 243 g/mol. The summed E-state index contributed by atoms with van der Waals surface area (Å²) in [5, 5.41) is 16.1. The largest absolute Gasteiger partial charge is 0.409 e. The molecule has 0 amide bonds. The lowest BCUT2D eigenvalue weighted by Crippen LogP contribution is -2.27. The van der Waals surface area contributed by atoms with Gasteiger partial charge in [0.25, 0.3) is 0 Å². The van der Waals surface area contributed by atoms with Crippen molar-refractivity contribution in [3.05, 3.63) is 59.2 Å². The first-order valence-electron chi connectivity index (χ1n) is 5.52. The summed E-state index contributed by atoms with van der Waals surface area (Å²) < 4.78 is 1.38. The van der Waals surface area contributed by atoms with Gasteiger partial charge in [0.1, 0.15) is 6.54 Å². The molecule has 1 aromatic carbocycles. The molecule has 0 spiro atoms. The molecule has 0 fully saturated rings. The minimum absolute atomic E-state index is 0.0467. The fourth-order valence-corrected chi connectivity index (χ4v) is 1.61. The first kappa shape index (κ1) is 12.0. The first-order valence-corrected chi connectivity index (χ1v) is 5.52. The van der Waals surface area contributed by atoms with Crippen LogP contribution in [0.5, 0.6) is 0 Å². The van der Waals surface area contributed by atoms with Gasteiger partial charge in [0.15, 0.2) is 11.3 Å². The fourth-order valence-electron chi connectivity index (χ4n) is 1.61. The Hall–Kier alpha value is -2.43. The van der Waals surface area contributed by atoms with Gasteiger partial charge in [0, 0.05) is 5.56 Å². The zero-order valence-corrected chi connectivity index (χ0v) is 9.95. The summed E-state index contributed by atoms with van der Waals surface area (Å²) in [6.45, 7) is 1.86. The number of aromatic nitrogens is 2. The number of carbonyl (C=O) groups is 1. The molecule has 0 aliphatic rings. The van der Waals surface area contributed by atoms with E-state index in [1.807, 2.05) is 13.0 Å². The molecule has 92 valence electrons. The predicted molar refractivity (Wildman–Crippen MR) is 65.1 cm³/mol. The van der Waals surface area contributed by atoms with Crippen molar-refractivity contribution in [3.8, 4) is 0 Å². The second-order valence-corrected chi connectivity index (χ2v) is 3.88. The van der Waals surface area contributed by atoms with Gasteiger partial charge in [-0.15, -0.1) is 0 Å². The molecule has 0 unspecified atom stereocenters. The van der Waals surface area contributed by atoms with E-state index in [1.165, 1.54) is 4.68 Å². The fraction of sp³-hybridized carbons (Fsp3) is 0.154. The highest BCUT2D eigenvalue weighted by molar-refractivity contribution is 5.95. The molecule has 0 bridgehead atoms. The minimum atomic E-state index is -0.0800. The van der Waals surface area contributed by atoms with Gasteiger partial charge < -0.3 is 5.21 Å². The van der Waals surface area contributed by atoms with Crippen molar-refractivity contribution in [2.45, 2.75) is 13.5 Å². The zero-order valence-electron chi connectivity index (χ0n) is 9.95. The van der Waals surface area contributed by atoms with E-state index in [0.29, 0.717) is 5.56 Å². The quantitative estimate of drug-likeness (QED) is 0.503. The van der Waals surface area contributed by atoms with Crippen LogP contribution in [0.2, 0.25) is 0 Å². The monoisotopic (exact) mass is 243 g/mol. The number of nitrogens with zero attached hydrogens (tertiary/aromatic N) is 3. The maximum absolute atomic E-state index is 12.0. The van der Waals surface area contributed by atoms with E-state index in [-0.39, 0.29) is 17.8 Å². The summed E-state index contributed by atoms with van der Waals surface area (Å²) in [6.07, 6.45) is 0. The van der Waals surface area contributed by atoms with E-state index >= 15 is 0 Å². The molecule has 1 N–H and O–H groups in total. The van der Waals surface area contributed by atoms with Crippen molar-refractivity contribution in [2.24, 2.45) is 5.16 Å². The summed E-state index contributed by atoms with van der Waals surface area (Å²) >= 11 is 0. The molecule has 0 atom stereocenters. The lowest BCUT2D eigenvalue weighted by Gasteiger charge is -2.05. The number of hydrogen-bond acceptors (Lipinski definition) is 4. The summed E-state index contributed by atoms with van der Waals surface area (Å²) in [5.41, 5.74) is 1.62. The van der Waals surface area contributed by atoms with E-state index < -0.39 is 0 Å². The van der Waals surface area contributed by atoms with Crippen molar-refractivity contribution in [1.82, 2.24) is 9.78 Å². The SMILES string of the molecule is Cc1cc/c(=N\O)n(CC(=O)c2ccccc2)n1. The normalized spacial score (nSPS) is 11.5. The molecule has 0 saturated carbocycles. The second kappa shape index (κ2) is 5.27. The maximum atomic E-state index is 12.0. The third-order valence-electron chi connectivity index (χ3n) is 2.51. The predicted octanol–water partition coefficient (Wildman–Crippen LogP) is 1.36. The average Bonchev–Trinajstić information content (AvgIpc) is 2.40. The van der Waals surface area contributed by atoms with Gasteiger partial charge in [-0.05, 0) is 19.1 Å². The smallest absolute Gasteiger partial charge is 0.188 e. The summed E-state index contributed by atoms with van der Waals surface area (Å²) in [6, 6.07) is 12.3. The number of benzene rings is 1. The van der Waals surface area contributed by atoms with Gasteiger partial charge in [-0.2, -0.15) is 5.10 Å². The zero-order chi connectivity index (χ0) is 13.0. The van der Waals surface area contributed by atoms with Gasteiger partial charge >= 0.3 is 0 Å². The number of hydrogen-bond donors (Lipinski definition) is 1. The number of rotatable bonds is 3. The number of Topliss-reactive ketones (excluding diaryl/α,β-unsaturated/α-hetero) is 1. The molecule has 2 aromatic rings. The first-order chi connectivity index (χ1) is 8.70. The molecular weight excluding hydrogens is 230 g/mol. The van der Waals surface area contributed by atoms with E-state index in [1.54, 1.807) is 36.4 Å². The van der Waals surface area contributed by atoms with Crippen molar-refractivity contribution in [2.75, 3.05) is 0 Å². The maximum Gasteiger partial charge on any atom is 0.188 e. The van der Waals surface area contributed by atoms with E-state index in [9.17, 15) is 4.79 Å². The van der Waals surface area contributed by atoms with Crippen LogP contribution in [0.3, 0.4) is 0 Å².